The maximum Gasteiger partial charge on any atom is 0.192 e. The van der Waals surface area contributed by atoms with Gasteiger partial charge in [-0.05, 0) is 0 Å². The highest BCUT2D eigenvalue weighted by atomic mass is 15.2. The summed E-state index contributed by atoms with van der Waals surface area (Å²) in [5.74, 6) is 0.465. The van der Waals surface area contributed by atoms with Crippen LogP contribution in [0.4, 0.5) is 0 Å². The molecule has 0 aromatic rings. The van der Waals surface area contributed by atoms with Crippen LogP contribution >= 0.6 is 0 Å². The molecule has 0 aliphatic heterocycles. The van der Waals surface area contributed by atoms with Gasteiger partial charge in [-0.2, -0.15) is 0 Å². The first kappa shape index (κ1) is 7.23. The third-order valence-electron chi connectivity index (χ3n) is 0.711. The molecule has 0 aliphatic rings. The Bertz CT molecular complexity index is 86.0. The quantitative estimate of drug-likeness (QED) is 0.333. The van der Waals surface area contributed by atoms with Crippen molar-refractivity contribution in [2.24, 2.45) is 16.5 Å². The first-order valence-electron chi connectivity index (χ1n) is 2.35. The van der Waals surface area contributed by atoms with E-state index in [1.54, 1.807) is 4.90 Å². The van der Waals surface area contributed by atoms with E-state index in [4.69, 9.17) is 11.5 Å². The summed E-state index contributed by atoms with van der Waals surface area (Å²) < 4.78 is 0. The smallest absolute Gasteiger partial charge is 0.192 e. The van der Waals surface area contributed by atoms with Crippen LogP contribution in [0, 0.1) is 0 Å². The van der Waals surface area contributed by atoms with Crippen LogP contribution in [-0.2, 0) is 0 Å². The van der Waals surface area contributed by atoms with Crippen molar-refractivity contribution in [3.8, 4) is 0 Å². The summed E-state index contributed by atoms with van der Waals surface area (Å²) >= 11 is 0. The Kier molecular flexibility index (Phi) is 2.95. The second kappa shape index (κ2) is 3.26. The predicted octanol–water partition coefficient (Wildman–Crippen LogP) is -1.22. The number of nitrogens with zero attached hydrogens (tertiary/aromatic N) is 2. The second-order valence-electron chi connectivity index (χ2n) is 1.59. The van der Waals surface area contributed by atoms with Crippen LogP contribution in [0.3, 0.4) is 0 Å². The molecule has 0 bridgehead atoms. The van der Waals surface area contributed by atoms with Gasteiger partial charge in [-0.3, -0.25) is 0 Å². The zero-order valence-electron chi connectivity index (χ0n) is 5.26. The van der Waals surface area contributed by atoms with Crippen LogP contribution in [0.2, 0.25) is 0 Å². The van der Waals surface area contributed by atoms with E-state index in [9.17, 15) is 0 Å². The van der Waals surface area contributed by atoms with Crippen molar-refractivity contribution in [3.63, 3.8) is 0 Å². The van der Waals surface area contributed by atoms with E-state index in [1.807, 2.05) is 14.1 Å². The Morgan fingerprint density at radius 3 is 2.25 bits per heavy atom. The van der Waals surface area contributed by atoms with Gasteiger partial charge in [-0.1, -0.05) is 0 Å². The molecule has 4 N–H and O–H groups in total. The molecule has 0 amide bonds. The minimum atomic E-state index is 0.254. The maximum absolute atomic E-state index is 5.32. The highest BCUT2D eigenvalue weighted by Gasteiger charge is 1.88. The lowest BCUT2D eigenvalue weighted by Gasteiger charge is -2.08. The van der Waals surface area contributed by atoms with E-state index < -0.39 is 0 Å². The number of rotatable bonds is 1. The van der Waals surface area contributed by atoms with Crippen LogP contribution in [-0.4, -0.2) is 31.6 Å². The van der Waals surface area contributed by atoms with Crippen molar-refractivity contribution in [1.29, 1.82) is 0 Å². The van der Waals surface area contributed by atoms with Crippen molar-refractivity contribution in [2.45, 2.75) is 0 Å². The fraction of sp³-hybridized carbons (Fsp3) is 0.750. The van der Waals surface area contributed by atoms with Gasteiger partial charge in [-0.25, -0.2) is 4.99 Å². The van der Waals surface area contributed by atoms with Crippen molar-refractivity contribution in [1.82, 2.24) is 4.90 Å². The van der Waals surface area contributed by atoms with E-state index >= 15 is 0 Å². The summed E-state index contributed by atoms with van der Waals surface area (Å²) in [6.45, 7) is 0.254. The number of aliphatic imine (C=N–C) groups is 1. The standard InChI is InChI=1S/C4H12N4/c1-8(2)4(6)7-3-5/h3,5H2,1-2H3,(H2,6,7). The number of nitrogens with two attached hydrogens (primary N) is 2. The summed E-state index contributed by atoms with van der Waals surface area (Å²) in [6, 6.07) is 0. The molecule has 0 fully saturated rings. The minimum absolute atomic E-state index is 0.254. The van der Waals surface area contributed by atoms with Crippen LogP contribution in [0.1, 0.15) is 0 Å². The molecular formula is C4H12N4. The normalized spacial score (nSPS) is 11.6. The van der Waals surface area contributed by atoms with Crippen molar-refractivity contribution in [3.05, 3.63) is 0 Å². The molecule has 4 nitrogen and oxygen atoms in total. The van der Waals surface area contributed by atoms with E-state index in [0.29, 0.717) is 5.96 Å². The zero-order valence-corrected chi connectivity index (χ0v) is 5.26. The van der Waals surface area contributed by atoms with Gasteiger partial charge in [0.15, 0.2) is 5.96 Å². The van der Waals surface area contributed by atoms with Crippen LogP contribution in [0.5, 0.6) is 0 Å². The molecule has 0 aliphatic carbocycles. The lowest BCUT2D eigenvalue weighted by molar-refractivity contribution is 0.610. The molecule has 4 heteroatoms. The lowest BCUT2D eigenvalue weighted by Crippen LogP contribution is -2.31. The molecule has 0 atom stereocenters. The van der Waals surface area contributed by atoms with Gasteiger partial charge >= 0.3 is 0 Å². The largest absolute Gasteiger partial charge is 0.370 e. The summed E-state index contributed by atoms with van der Waals surface area (Å²) in [5.41, 5.74) is 10.4. The van der Waals surface area contributed by atoms with Gasteiger partial charge in [0, 0.05) is 14.1 Å². The third-order valence-corrected chi connectivity index (χ3v) is 0.711. The molecule has 0 unspecified atom stereocenters. The molecule has 0 saturated carbocycles. The molecule has 0 spiro atoms. The minimum Gasteiger partial charge on any atom is -0.370 e. The number of hydrogen-bond acceptors (Lipinski definition) is 2. The van der Waals surface area contributed by atoms with Gasteiger partial charge in [0.25, 0.3) is 0 Å². The van der Waals surface area contributed by atoms with Crippen LogP contribution in [0.15, 0.2) is 4.99 Å². The van der Waals surface area contributed by atoms with Crippen molar-refractivity contribution in [2.75, 3.05) is 20.8 Å². The molecule has 0 aromatic carbocycles. The van der Waals surface area contributed by atoms with Gasteiger partial charge in [-0.15, -0.1) is 0 Å². The molecule has 0 heterocycles. The Morgan fingerprint density at radius 2 is 2.12 bits per heavy atom. The van der Waals surface area contributed by atoms with Gasteiger partial charge in [0.05, 0.1) is 6.67 Å². The van der Waals surface area contributed by atoms with Gasteiger partial charge in [0.2, 0.25) is 0 Å². The zero-order chi connectivity index (χ0) is 6.57. The first-order valence-corrected chi connectivity index (χ1v) is 2.35. The Labute approximate surface area is 49.2 Å². The molecule has 0 rings (SSSR count). The van der Waals surface area contributed by atoms with E-state index in [-0.39, 0.29) is 6.67 Å². The summed E-state index contributed by atoms with van der Waals surface area (Å²) in [7, 11) is 3.63. The first-order chi connectivity index (χ1) is 3.68. The van der Waals surface area contributed by atoms with Crippen molar-refractivity contribution >= 4 is 5.96 Å². The van der Waals surface area contributed by atoms with Gasteiger partial charge < -0.3 is 16.4 Å². The highest BCUT2D eigenvalue weighted by Crippen LogP contribution is 1.70. The SMILES string of the molecule is CN(C)C(N)=NCN. The van der Waals surface area contributed by atoms with E-state index in [2.05, 4.69) is 4.99 Å². The number of guanidine groups is 1. The molecule has 8 heavy (non-hydrogen) atoms. The monoisotopic (exact) mass is 116 g/mol. The summed E-state index contributed by atoms with van der Waals surface area (Å²) in [6.07, 6.45) is 0. The van der Waals surface area contributed by atoms with E-state index in [1.165, 1.54) is 0 Å². The summed E-state index contributed by atoms with van der Waals surface area (Å²) in [5, 5.41) is 0. The fourth-order valence-corrected chi connectivity index (χ4v) is 0.235. The average Bonchev–Trinajstić information content (AvgIpc) is 1.67. The molecule has 0 radical (unpaired) electrons. The predicted molar refractivity (Wildman–Crippen MR) is 34.4 cm³/mol. The average molecular weight is 116 g/mol. The van der Waals surface area contributed by atoms with Gasteiger partial charge in [0.1, 0.15) is 0 Å². The Balaban J connectivity index is 3.61. The molecular weight excluding hydrogens is 104 g/mol. The Hall–Kier alpha value is -0.770. The van der Waals surface area contributed by atoms with Crippen molar-refractivity contribution < 1.29 is 0 Å². The highest BCUT2D eigenvalue weighted by molar-refractivity contribution is 5.77. The fourth-order valence-electron chi connectivity index (χ4n) is 0.235. The topological polar surface area (TPSA) is 67.6 Å². The second-order valence-corrected chi connectivity index (χ2v) is 1.59. The lowest BCUT2D eigenvalue weighted by atomic mass is 10.8. The molecule has 0 saturated heterocycles. The van der Waals surface area contributed by atoms with E-state index in [0.717, 1.165) is 0 Å². The third kappa shape index (κ3) is 2.41. The maximum atomic E-state index is 5.32. The molecule has 48 valence electrons. The van der Waals surface area contributed by atoms with Crippen LogP contribution < -0.4 is 11.5 Å². The Morgan fingerprint density at radius 1 is 1.62 bits per heavy atom. The molecule has 0 aromatic heterocycles. The van der Waals surface area contributed by atoms with Crippen LogP contribution in [0.25, 0.3) is 0 Å². The summed E-state index contributed by atoms with van der Waals surface area (Å²) in [4.78, 5) is 5.42. The number of hydrogen-bond donors (Lipinski definition) is 2.